The van der Waals surface area contributed by atoms with Crippen molar-refractivity contribution in [1.29, 1.82) is 0 Å². The van der Waals surface area contributed by atoms with Gasteiger partial charge in [-0.3, -0.25) is 9.69 Å². The minimum Gasteiger partial charge on any atom is -0.340 e. The summed E-state index contributed by atoms with van der Waals surface area (Å²) in [6, 6.07) is 0.844. The van der Waals surface area contributed by atoms with Crippen molar-refractivity contribution < 1.29 is 4.79 Å². The summed E-state index contributed by atoms with van der Waals surface area (Å²) in [5, 5.41) is 0. The fourth-order valence-corrected chi connectivity index (χ4v) is 3.16. The van der Waals surface area contributed by atoms with E-state index in [4.69, 9.17) is 5.73 Å². The zero-order valence-corrected chi connectivity index (χ0v) is 11.8. The van der Waals surface area contributed by atoms with Crippen molar-refractivity contribution in [1.82, 2.24) is 9.80 Å². The lowest BCUT2D eigenvalue weighted by Crippen LogP contribution is -2.51. The summed E-state index contributed by atoms with van der Waals surface area (Å²) in [5.74, 6) is 0.751. The second kappa shape index (κ2) is 6.02. The first-order chi connectivity index (χ1) is 8.58. The van der Waals surface area contributed by atoms with Crippen LogP contribution in [0.2, 0.25) is 0 Å². The number of carbonyl (C=O) groups is 1. The molecule has 2 fully saturated rings. The van der Waals surface area contributed by atoms with Gasteiger partial charge in [0.05, 0.1) is 0 Å². The normalized spacial score (nSPS) is 30.1. The van der Waals surface area contributed by atoms with Crippen LogP contribution in [0, 0.1) is 5.92 Å². The summed E-state index contributed by atoms with van der Waals surface area (Å²) >= 11 is 0. The second-order valence-corrected chi connectivity index (χ2v) is 6.07. The smallest absolute Gasteiger partial charge is 0.222 e. The lowest BCUT2D eigenvalue weighted by Gasteiger charge is -2.37. The number of amides is 1. The predicted octanol–water partition coefficient (Wildman–Crippen LogP) is 1.06. The van der Waals surface area contributed by atoms with E-state index in [1.54, 1.807) is 0 Å². The molecule has 1 saturated carbocycles. The maximum absolute atomic E-state index is 12.2. The van der Waals surface area contributed by atoms with Gasteiger partial charge in [-0.05, 0) is 32.6 Å². The van der Waals surface area contributed by atoms with Crippen molar-refractivity contribution in [3.8, 4) is 0 Å². The van der Waals surface area contributed by atoms with Crippen LogP contribution in [-0.2, 0) is 4.79 Å². The van der Waals surface area contributed by atoms with Crippen LogP contribution in [0.25, 0.3) is 0 Å². The third-order valence-electron chi connectivity index (χ3n) is 4.55. The van der Waals surface area contributed by atoms with E-state index in [2.05, 4.69) is 18.7 Å². The third-order valence-corrected chi connectivity index (χ3v) is 4.55. The Bertz CT molecular complexity index is 285. The fraction of sp³-hybridized carbons (Fsp3) is 0.929. The van der Waals surface area contributed by atoms with Crippen LogP contribution in [0.4, 0.5) is 0 Å². The van der Waals surface area contributed by atoms with Crippen LogP contribution in [-0.4, -0.2) is 54.0 Å². The standard InChI is InChI=1S/C14H27N3O/c1-11(2)16-6-8-17(9-7-16)14(18)10-12-4-3-5-13(12)15/h11-13H,3-10,15H2,1-2H3/t12-,13+/m0/s1. The van der Waals surface area contributed by atoms with Gasteiger partial charge in [0.1, 0.15) is 0 Å². The number of nitrogens with two attached hydrogens (primary N) is 1. The molecule has 0 unspecified atom stereocenters. The Kier molecular flexibility index (Phi) is 4.62. The molecule has 0 aromatic heterocycles. The molecular formula is C14H27N3O. The summed E-state index contributed by atoms with van der Waals surface area (Å²) in [6.07, 6.45) is 4.10. The van der Waals surface area contributed by atoms with E-state index in [0.29, 0.717) is 24.3 Å². The number of nitrogens with zero attached hydrogens (tertiary/aromatic N) is 2. The van der Waals surface area contributed by atoms with Gasteiger partial charge in [0.2, 0.25) is 5.91 Å². The van der Waals surface area contributed by atoms with Crippen molar-refractivity contribution in [3.63, 3.8) is 0 Å². The van der Waals surface area contributed by atoms with Crippen molar-refractivity contribution in [2.45, 2.75) is 51.6 Å². The molecule has 4 heteroatoms. The number of carbonyl (C=O) groups excluding carboxylic acids is 1. The molecule has 104 valence electrons. The monoisotopic (exact) mass is 253 g/mol. The Labute approximate surface area is 110 Å². The minimum atomic E-state index is 0.255. The molecule has 4 nitrogen and oxygen atoms in total. The van der Waals surface area contributed by atoms with Gasteiger partial charge < -0.3 is 10.6 Å². The van der Waals surface area contributed by atoms with Crippen LogP contribution < -0.4 is 5.73 Å². The topological polar surface area (TPSA) is 49.6 Å². The fourth-order valence-electron chi connectivity index (χ4n) is 3.16. The first kappa shape index (κ1) is 13.8. The predicted molar refractivity (Wildman–Crippen MR) is 73.2 cm³/mol. The molecule has 2 N–H and O–H groups in total. The first-order valence-corrected chi connectivity index (χ1v) is 7.35. The molecule has 1 heterocycles. The Balaban J connectivity index is 1.77. The molecule has 2 rings (SSSR count). The zero-order chi connectivity index (χ0) is 13.1. The molecule has 1 aliphatic carbocycles. The molecular weight excluding hydrogens is 226 g/mol. The van der Waals surface area contributed by atoms with Gasteiger partial charge in [0, 0.05) is 44.7 Å². The van der Waals surface area contributed by atoms with Crippen LogP contribution in [0.5, 0.6) is 0 Å². The molecule has 1 amide bonds. The van der Waals surface area contributed by atoms with Gasteiger partial charge >= 0.3 is 0 Å². The molecule has 2 atom stereocenters. The molecule has 2 aliphatic rings. The van der Waals surface area contributed by atoms with Crippen LogP contribution in [0.3, 0.4) is 0 Å². The number of rotatable bonds is 3. The highest BCUT2D eigenvalue weighted by Gasteiger charge is 2.29. The van der Waals surface area contributed by atoms with Gasteiger partial charge in [-0.25, -0.2) is 0 Å². The zero-order valence-electron chi connectivity index (χ0n) is 11.8. The van der Waals surface area contributed by atoms with Gasteiger partial charge in [-0.1, -0.05) is 6.42 Å². The summed E-state index contributed by atoms with van der Waals surface area (Å²) in [6.45, 7) is 8.24. The summed E-state index contributed by atoms with van der Waals surface area (Å²) in [4.78, 5) is 16.7. The van der Waals surface area contributed by atoms with E-state index in [-0.39, 0.29) is 6.04 Å². The quantitative estimate of drug-likeness (QED) is 0.818. The Morgan fingerprint density at radius 3 is 2.39 bits per heavy atom. The first-order valence-electron chi connectivity index (χ1n) is 7.35. The van der Waals surface area contributed by atoms with Crippen molar-refractivity contribution in [2.75, 3.05) is 26.2 Å². The molecule has 1 aliphatic heterocycles. The highest BCUT2D eigenvalue weighted by Crippen LogP contribution is 2.27. The molecule has 0 bridgehead atoms. The number of hydrogen-bond acceptors (Lipinski definition) is 3. The van der Waals surface area contributed by atoms with Gasteiger partial charge in [-0.15, -0.1) is 0 Å². The summed E-state index contributed by atoms with van der Waals surface area (Å²) in [5.41, 5.74) is 6.04. The molecule has 1 saturated heterocycles. The second-order valence-electron chi connectivity index (χ2n) is 6.07. The summed E-state index contributed by atoms with van der Waals surface area (Å²) < 4.78 is 0. The Hall–Kier alpha value is -0.610. The molecule has 0 radical (unpaired) electrons. The highest BCUT2D eigenvalue weighted by atomic mass is 16.2. The van der Waals surface area contributed by atoms with Crippen molar-refractivity contribution >= 4 is 5.91 Å². The van der Waals surface area contributed by atoms with E-state index < -0.39 is 0 Å². The SMILES string of the molecule is CC(C)N1CCN(C(=O)C[C@@H]2CCC[C@H]2N)CC1. The largest absolute Gasteiger partial charge is 0.340 e. The maximum Gasteiger partial charge on any atom is 0.222 e. The average Bonchev–Trinajstić information content (AvgIpc) is 2.75. The van der Waals surface area contributed by atoms with Gasteiger partial charge in [-0.2, -0.15) is 0 Å². The van der Waals surface area contributed by atoms with E-state index in [1.165, 1.54) is 6.42 Å². The van der Waals surface area contributed by atoms with Gasteiger partial charge in [0.25, 0.3) is 0 Å². The van der Waals surface area contributed by atoms with Gasteiger partial charge in [0.15, 0.2) is 0 Å². The van der Waals surface area contributed by atoms with Crippen LogP contribution in [0.15, 0.2) is 0 Å². The molecule has 0 spiro atoms. The average molecular weight is 253 g/mol. The maximum atomic E-state index is 12.2. The lowest BCUT2D eigenvalue weighted by molar-refractivity contribution is -0.134. The van der Waals surface area contributed by atoms with E-state index >= 15 is 0 Å². The van der Waals surface area contributed by atoms with E-state index in [9.17, 15) is 4.79 Å². The highest BCUT2D eigenvalue weighted by molar-refractivity contribution is 5.76. The van der Waals surface area contributed by atoms with Crippen LogP contribution >= 0.6 is 0 Å². The molecule has 0 aromatic rings. The molecule has 18 heavy (non-hydrogen) atoms. The Morgan fingerprint density at radius 2 is 1.89 bits per heavy atom. The third kappa shape index (κ3) is 3.23. The summed E-state index contributed by atoms with van der Waals surface area (Å²) in [7, 11) is 0. The van der Waals surface area contributed by atoms with E-state index in [1.807, 2.05) is 4.90 Å². The Morgan fingerprint density at radius 1 is 1.22 bits per heavy atom. The van der Waals surface area contributed by atoms with Crippen molar-refractivity contribution in [2.24, 2.45) is 11.7 Å². The van der Waals surface area contributed by atoms with Crippen molar-refractivity contribution in [3.05, 3.63) is 0 Å². The van der Waals surface area contributed by atoms with E-state index in [0.717, 1.165) is 39.0 Å². The molecule has 0 aromatic carbocycles. The lowest BCUT2D eigenvalue weighted by atomic mass is 9.99. The van der Waals surface area contributed by atoms with Crippen LogP contribution in [0.1, 0.15) is 39.5 Å². The number of hydrogen-bond donors (Lipinski definition) is 1. The number of piperazine rings is 1. The minimum absolute atomic E-state index is 0.255.